The van der Waals surface area contributed by atoms with Crippen molar-refractivity contribution < 1.29 is 13.7 Å². The van der Waals surface area contributed by atoms with Crippen LogP contribution in [0.15, 0.2) is 65.2 Å². The lowest BCUT2D eigenvalue weighted by Crippen LogP contribution is -2.49. The van der Waals surface area contributed by atoms with Crippen molar-refractivity contribution in [1.82, 2.24) is 10.1 Å². The summed E-state index contributed by atoms with van der Waals surface area (Å²) in [5.74, 6) is 0.223. The minimum atomic E-state index is -0.312. The van der Waals surface area contributed by atoms with Crippen LogP contribution in [0.25, 0.3) is 22.2 Å². The molecule has 5 rings (SSSR count). The van der Waals surface area contributed by atoms with Gasteiger partial charge in [0.1, 0.15) is 11.3 Å². The first kappa shape index (κ1) is 20.2. The topological polar surface area (TPSA) is 49.6 Å². The van der Waals surface area contributed by atoms with Gasteiger partial charge in [0, 0.05) is 43.0 Å². The summed E-state index contributed by atoms with van der Waals surface area (Å²) in [5, 5.41) is 4.83. The van der Waals surface area contributed by atoms with Gasteiger partial charge >= 0.3 is 0 Å². The van der Waals surface area contributed by atoms with E-state index in [0.29, 0.717) is 29.9 Å². The van der Waals surface area contributed by atoms with Gasteiger partial charge in [-0.2, -0.15) is 0 Å². The minimum Gasteiger partial charge on any atom is -0.368 e. The molecule has 0 aliphatic carbocycles. The molecule has 5 nitrogen and oxygen atoms in total. The second-order valence-corrected chi connectivity index (χ2v) is 8.32. The number of carbonyl (C=O) groups excluding carboxylic acids is 1. The van der Waals surface area contributed by atoms with E-state index in [4.69, 9.17) is 4.52 Å². The SMILES string of the molecule is Cc1ccc(N2CCN(C(=O)c3ccc4noc(-c5ccc(F)cc5)c4c3)CC2)c(C)c1. The first-order chi connectivity index (χ1) is 15.5. The zero-order valence-electron chi connectivity index (χ0n) is 18.1. The van der Waals surface area contributed by atoms with Gasteiger partial charge in [0.25, 0.3) is 5.91 Å². The predicted octanol–water partition coefficient (Wildman–Crippen LogP) is 5.21. The lowest BCUT2D eigenvalue weighted by molar-refractivity contribution is 0.0747. The molecule has 32 heavy (non-hydrogen) atoms. The Kier molecular flexibility index (Phi) is 5.13. The van der Waals surface area contributed by atoms with Crippen molar-refractivity contribution in [3.05, 3.63) is 83.2 Å². The average molecular weight is 429 g/mol. The van der Waals surface area contributed by atoms with Crippen LogP contribution in [0.4, 0.5) is 10.1 Å². The molecule has 1 aliphatic heterocycles. The third-order valence-electron chi connectivity index (χ3n) is 6.09. The number of piperazine rings is 1. The molecule has 0 saturated carbocycles. The van der Waals surface area contributed by atoms with Crippen molar-refractivity contribution in [2.45, 2.75) is 13.8 Å². The van der Waals surface area contributed by atoms with Gasteiger partial charge in [-0.1, -0.05) is 22.9 Å². The molecule has 1 amide bonds. The van der Waals surface area contributed by atoms with E-state index >= 15 is 0 Å². The average Bonchev–Trinajstić information content (AvgIpc) is 3.23. The van der Waals surface area contributed by atoms with Crippen molar-refractivity contribution in [3.63, 3.8) is 0 Å². The normalized spacial score (nSPS) is 14.2. The van der Waals surface area contributed by atoms with E-state index in [-0.39, 0.29) is 11.7 Å². The highest BCUT2D eigenvalue weighted by Gasteiger charge is 2.24. The molecule has 4 aromatic rings. The summed E-state index contributed by atoms with van der Waals surface area (Å²) in [7, 11) is 0. The molecule has 0 unspecified atom stereocenters. The second kappa shape index (κ2) is 8.11. The van der Waals surface area contributed by atoms with Gasteiger partial charge in [0.05, 0.1) is 5.39 Å². The van der Waals surface area contributed by atoms with E-state index in [1.165, 1.54) is 28.9 Å². The Morgan fingerprint density at radius 2 is 1.69 bits per heavy atom. The number of aromatic nitrogens is 1. The fourth-order valence-corrected chi connectivity index (χ4v) is 4.38. The lowest BCUT2D eigenvalue weighted by Gasteiger charge is -2.37. The number of fused-ring (bicyclic) bond motifs is 1. The Morgan fingerprint density at radius 3 is 2.41 bits per heavy atom. The summed E-state index contributed by atoms with van der Waals surface area (Å²) < 4.78 is 18.8. The molecule has 1 saturated heterocycles. The van der Waals surface area contributed by atoms with Crippen LogP contribution in [0.3, 0.4) is 0 Å². The van der Waals surface area contributed by atoms with E-state index in [1.54, 1.807) is 24.3 Å². The fraction of sp³-hybridized carbons (Fsp3) is 0.231. The van der Waals surface area contributed by atoms with E-state index < -0.39 is 0 Å². The molecule has 0 bridgehead atoms. The summed E-state index contributed by atoms with van der Waals surface area (Å²) >= 11 is 0. The van der Waals surface area contributed by atoms with Crippen LogP contribution < -0.4 is 4.90 Å². The maximum absolute atomic E-state index is 13.3. The first-order valence-corrected chi connectivity index (χ1v) is 10.8. The van der Waals surface area contributed by atoms with Crippen LogP contribution in [-0.2, 0) is 0 Å². The van der Waals surface area contributed by atoms with E-state index in [9.17, 15) is 9.18 Å². The highest BCUT2D eigenvalue weighted by Crippen LogP contribution is 2.30. The molecular formula is C26H24FN3O2. The molecule has 1 aliphatic rings. The van der Waals surface area contributed by atoms with Crippen LogP contribution in [0.5, 0.6) is 0 Å². The monoisotopic (exact) mass is 429 g/mol. The third kappa shape index (κ3) is 3.73. The van der Waals surface area contributed by atoms with Gasteiger partial charge in [-0.25, -0.2) is 4.39 Å². The van der Waals surface area contributed by atoms with Gasteiger partial charge in [-0.15, -0.1) is 0 Å². The number of aryl methyl sites for hydroxylation is 2. The largest absolute Gasteiger partial charge is 0.368 e. The fourth-order valence-electron chi connectivity index (χ4n) is 4.38. The predicted molar refractivity (Wildman–Crippen MR) is 123 cm³/mol. The molecule has 162 valence electrons. The number of carbonyl (C=O) groups is 1. The molecule has 1 aromatic heterocycles. The van der Waals surface area contributed by atoms with Crippen LogP contribution >= 0.6 is 0 Å². The number of benzene rings is 3. The molecule has 6 heteroatoms. The third-order valence-corrected chi connectivity index (χ3v) is 6.09. The van der Waals surface area contributed by atoms with Gasteiger partial charge in [0.2, 0.25) is 0 Å². The maximum Gasteiger partial charge on any atom is 0.254 e. The molecule has 2 heterocycles. The van der Waals surface area contributed by atoms with Crippen LogP contribution in [0.2, 0.25) is 0 Å². The number of hydrogen-bond acceptors (Lipinski definition) is 4. The number of hydrogen-bond donors (Lipinski definition) is 0. The van der Waals surface area contributed by atoms with Crippen LogP contribution in [-0.4, -0.2) is 42.1 Å². The zero-order chi connectivity index (χ0) is 22.2. The maximum atomic E-state index is 13.3. The highest BCUT2D eigenvalue weighted by atomic mass is 19.1. The Hall–Kier alpha value is -3.67. The van der Waals surface area contributed by atoms with E-state index in [1.807, 2.05) is 11.0 Å². The Morgan fingerprint density at radius 1 is 0.938 bits per heavy atom. The lowest BCUT2D eigenvalue weighted by atomic mass is 10.1. The van der Waals surface area contributed by atoms with Crippen molar-refractivity contribution in [3.8, 4) is 11.3 Å². The van der Waals surface area contributed by atoms with E-state index in [2.05, 4.69) is 42.1 Å². The summed E-state index contributed by atoms with van der Waals surface area (Å²) in [6, 6.07) is 18.0. The molecular weight excluding hydrogens is 405 g/mol. The second-order valence-electron chi connectivity index (χ2n) is 8.32. The Bertz CT molecular complexity index is 1290. The summed E-state index contributed by atoms with van der Waals surface area (Å²) in [5.41, 5.74) is 5.74. The summed E-state index contributed by atoms with van der Waals surface area (Å²) in [6.07, 6.45) is 0. The van der Waals surface area contributed by atoms with Crippen molar-refractivity contribution in [2.24, 2.45) is 0 Å². The number of halogens is 1. The standard InChI is InChI=1S/C26H24FN3O2/c1-17-3-10-24(18(2)15-17)29-11-13-30(14-12-29)26(31)20-6-9-23-22(16-20)25(32-28-23)19-4-7-21(27)8-5-19/h3-10,15-16H,11-14H2,1-2H3. The number of rotatable bonds is 3. The highest BCUT2D eigenvalue weighted by molar-refractivity contribution is 6.01. The van der Waals surface area contributed by atoms with Gasteiger partial charge in [-0.05, 0) is 67.9 Å². The molecule has 0 radical (unpaired) electrons. The van der Waals surface area contributed by atoms with Crippen LogP contribution in [0, 0.1) is 19.7 Å². The van der Waals surface area contributed by atoms with Crippen molar-refractivity contribution >= 4 is 22.5 Å². The van der Waals surface area contributed by atoms with Gasteiger partial charge in [0.15, 0.2) is 5.76 Å². The molecule has 0 N–H and O–H groups in total. The Labute approximate surface area is 186 Å². The molecule has 1 fully saturated rings. The Balaban J connectivity index is 1.35. The minimum absolute atomic E-state index is 0.00145. The van der Waals surface area contributed by atoms with E-state index in [0.717, 1.165) is 24.0 Å². The molecule has 3 aromatic carbocycles. The van der Waals surface area contributed by atoms with Crippen molar-refractivity contribution in [1.29, 1.82) is 0 Å². The molecule has 0 atom stereocenters. The summed E-state index contributed by atoms with van der Waals surface area (Å²) in [4.78, 5) is 17.5. The number of anilines is 1. The molecule has 0 spiro atoms. The van der Waals surface area contributed by atoms with Crippen LogP contribution in [0.1, 0.15) is 21.5 Å². The number of nitrogens with zero attached hydrogens (tertiary/aromatic N) is 3. The quantitative estimate of drug-likeness (QED) is 0.448. The zero-order valence-corrected chi connectivity index (χ0v) is 18.1. The smallest absolute Gasteiger partial charge is 0.254 e. The van der Waals surface area contributed by atoms with Gasteiger partial charge < -0.3 is 14.3 Å². The first-order valence-electron chi connectivity index (χ1n) is 10.8. The van der Waals surface area contributed by atoms with Gasteiger partial charge in [-0.3, -0.25) is 4.79 Å². The summed E-state index contributed by atoms with van der Waals surface area (Å²) in [6.45, 7) is 7.16. The van der Waals surface area contributed by atoms with Crippen molar-refractivity contribution in [2.75, 3.05) is 31.1 Å². The number of amides is 1.